The number of nitrogens with two attached hydrogens (primary N) is 1. The first kappa shape index (κ1) is 9.83. The van der Waals surface area contributed by atoms with E-state index in [0.29, 0.717) is 5.69 Å². The van der Waals surface area contributed by atoms with E-state index in [2.05, 4.69) is 5.43 Å². The summed E-state index contributed by atoms with van der Waals surface area (Å²) >= 11 is 5.55. The molecule has 4 N–H and O–H groups in total. The van der Waals surface area contributed by atoms with Gasteiger partial charge in [-0.3, -0.25) is 5.84 Å². The van der Waals surface area contributed by atoms with E-state index in [1.807, 2.05) is 0 Å². The number of halogens is 1. The maximum atomic E-state index is 10.7. The molecule has 0 saturated carbocycles. The van der Waals surface area contributed by atoms with Crippen molar-refractivity contribution in [1.82, 2.24) is 0 Å². The van der Waals surface area contributed by atoms with Gasteiger partial charge in [-0.1, -0.05) is 6.07 Å². The molecule has 0 amide bonds. The van der Waals surface area contributed by atoms with E-state index < -0.39 is 5.97 Å². The van der Waals surface area contributed by atoms with Crippen molar-refractivity contribution in [2.75, 3.05) is 5.43 Å². The Hall–Kier alpha value is -1.26. The summed E-state index contributed by atoms with van der Waals surface area (Å²) in [5, 5.41) is 8.78. The molecule has 0 heterocycles. The highest BCUT2D eigenvalue weighted by molar-refractivity contribution is 6.17. The van der Waals surface area contributed by atoms with Crippen LogP contribution in [0.1, 0.15) is 15.9 Å². The lowest BCUT2D eigenvalue weighted by molar-refractivity contribution is 0.0698. The van der Waals surface area contributed by atoms with Gasteiger partial charge in [-0.05, 0) is 17.7 Å². The smallest absolute Gasteiger partial charge is 0.337 e. The molecule has 4 nitrogen and oxygen atoms in total. The fraction of sp³-hybridized carbons (Fsp3) is 0.125. The molecular formula is C8H9ClN2O2. The van der Waals surface area contributed by atoms with Crippen molar-refractivity contribution >= 4 is 23.3 Å². The Morgan fingerprint density at radius 2 is 2.31 bits per heavy atom. The summed E-state index contributed by atoms with van der Waals surface area (Å²) in [6.45, 7) is 0. The molecule has 5 heteroatoms. The molecule has 0 bridgehead atoms. The van der Waals surface area contributed by atoms with Gasteiger partial charge in [0.05, 0.1) is 11.3 Å². The monoisotopic (exact) mass is 200 g/mol. The van der Waals surface area contributed by atoms with E-state index in [0.717, 1.165) is 5.56 Å². The minimum Gasteiger partial charge on any atom is -0.478 e. The maximum absolute atomic E-state index is 10.7. The average molecular weight is 201 g/mol. The summed E-state index contributed by atoms with van der Waals surface area (Å²) in [6.07, 6.45) is 0. The Balaban J connectivity index is 3.18. The third-order valence-corrected chi connectivity index (χ3v) is 1.93. The Morgan fingerprint density at radius 3 is 2.77 bits per heavy atom. The van der Waals surface area contributed by atoms with Crippen LogP contribution in [0.2, 0.25) is 0 Å². The molecule has 1 aromatic carbocycles. The normalized spacial score (nSPS) is 9.69. The molecule has 0 spiro atoms. The largest absolute Gasteiger partial charge is 0.478 e. The lowest BCUT2D eigenvalue weighted by Gasteiger charge is -2.05. The molecule has 13 heavy (non-hydrogen) atoms. The highest BCUT2D eigenvalue weighted by Gasteiger charge is 2.09. The summed E-state index contributed by atoms with van der Waals surface area (Å²) in [5.41, 5.74) is 3.55. The predicted octanol–water partition coefficient (Wildman–Crippen LogP) is 1.41. The number of nitrogens with one attached hydrogen (secondary N) is 1. The second-order valence-corrected chi connectivity index (χ2v) is 2.73. The molecule has 70 valence electrons. The number of hydrazine groups is 1. The molecule has 0 aliphatic carbocycles. The topological polar surface area (TPSA) is 75.3 Å². The summed E-state index contributed by atoms with van der Waals surface area (Å²) < 4.78 is 0. The van der Waals surface area contributed by atoms with Crippen LogP contribution in [-0.2, 0) is 5.88 Å². The summed E-state index contributed by atoms with van der Waals surface area (Å²) in [6, 6.07) is 4.79. The van der Waals surface area contributed by atoms with Gasteiger partial charge in [-0.15, -0.1) is 11.6 Å². The second kappa shape index (κ2) is 4.11. The number of carboxylic acids is 1. The molecule has 0 saturated heterocycles. The van der Waals surface area contributed by atoms with Crippen LogP contribution in [-0.4, -0.2) is 11.1 Å². The highest BCUT2D eigenvalue weighted by Crippen LogP contribution is 2.17. The van der Waals surface area contributed by atoms with Crippen molar-refractivity contribution in [1.29, 1.82) is 0 Å². The van der Waals surface area contributed by atoms with E-state index in [4.69, 9.17) is 22.6 Å². The Labute approximate surface area is 80.3 Å². The molecule has 1 rings (SSSR count). The number of alkyl halides is 1. The van der Waals surface area contributed by atoms with E-state index >= 15 is 0 Å². The lowest BCUT2D eigenvalue weighted by Crippen LogP contribution is -2.12. The van der Waals surface area contributed by atoms with Crippen molar-refractivity contribution in [3.63, 3.8) is 0 Å². The quantitative estimate of drug-likeness (QED) is 0.392. The van der Waals surface area contributed by atoms with Crippen LogP contribution in [0.25, 0.3) is 0 Å². The van der Waals surface area contributed by atoms with Crippen molar-refractivity contribution in [2.45, 2.75) is 5.88 Å². The molecule has 0 radical (unpaired) electrons. The fourth-order valence-electron chi connectivity index (χ4n) is 0.977. The zero-order valence-electron chi connectivity index (χ0n) is 6.75. The standard InChI is InChI=1S/C8H9ClN2O2/c9-4-5-1-2-7(11-10)6(3-5)8(12)13/h1-3,11H,4,10H2,(H,12,13). The summed E-state index contributed by atoms with van der Waals surface area (Å²) in [4.78, 5) is 10.7. The maximum Gasteiger partial charge on any atom is 0.337 e. The van der Waals surface area contributed by atoms with Gasteiger partial charge < -0.3 is 10.5 Å². The van der Waals surface area contributed by atoms with Crippen LogP contribution in [0.4, 0.5) is 5.69 Å². The number of aromatic carboxylic acids is 1. The lowest BCUT2D eigenvalue weighted by atomic mass is 10.1. The van der Waals surface area contributed by atoms with Crippen LogP contribution in [0.3, 0.4) is 0 Å². The first-order chi connectivity index (χ1) is 6.19. The van der Waals surface area contributed by atoms with Gasteiger partial charge >= 0.3 is 5.97 Å². The van der Waals surface area contributed by atoms with Crippen LogP contribution in [0.15, 0.2) is 18.2 Å². The number of benzene rings is 1. The molecule has 0 aromatic heterocycles. The number of nitrogen functional groups attached to an aromatic ring is 1. The number of carboxylic acid groups (broad SMARTS) is 1. The fourth-order valence-corrected chi connectivity index (χ4v) is 1.14. The Morgan fingerprint density at radius 1 is 1.62 bits per heavy atom. The number of rotatable bonds is 3. The van der Waals surface area contributed by atoms with Crippen molar-refractivity contribution < 1.29 is 9.90 Å². The van der Waals surface area contributed by atoms with E-state index in [1.54, 1.807) is 12.1 Å². The molecule has 0 atom stereocenters. The number of hydrogen-bond donors (Lipinski definition) is 3. The molecule has 1 aromatic rings. The number of carbonyl (C=O) groups is 1. The molecule has 0 fully saturated rings. The van der Waals surface area contributed by atoms with Gasteiger partial charge in [-0.25, -0.2) is 4.79 Å². The Bertz CT molecular complexity index is 328. The number of anilines is 1. The van der Waals surface area contributed by atoms with E-state index in [9.17, 15) is 4.79 Å². The predicted molar refractivity (Wildman–Crippen MR) is 50.8 cm³/mol. The first-order valence-corrected chi connectivity index (χ1v) is 4.11. The zero-order chi connectivity index (χ0) is 9.84. The Kier molecular flexibility index (Phi) is 3.11. The van der Waals surface area contributed by atoms with E-state index in [-0.39, 0.29) is 11.4 Å². The van der Waals surface area contributed by atoms with Gasteiger partial charge in [-0.2, -0.15) is 0 Å². The van der Waals surface area contributed by atoms with Crippen molar-refractivity contribution in [2.24, 2.45) is 5.84 Å². The molecule has 0 aliphatic rings. The van der Waals surface area contributed by atoms with Gasteiger partial charge in [0.15, 0.2) is 0 Å². The van der Waals surface area contributed by atoms with Crippen LogP contribution in [0, 0.1) is 0 Å². The van der Waals surface area contributed by atoms with Gasteiger partial charge in [0, 0.05) is 5.88 Å². The van der Waals surface area contributed by atoms with Crippen LogP contribution >= 0.6 is 11.6 Å². The van der Waals surface area contributed by atoms with Crippen LogP contribution < -0.4 is 11.3 Å². The highest BCUT2D eigenvalue weighted by atomic mass is 35.5. The first-order valence-electron chi connectivity index (χ1n) is 3.58. The van der Waals surface area contributed by atoms with Crippen molar-refractivity contribution in [3.05, 3.63) is 29.3 Å². The number of hydrogen-bond acceptors (Lipinski definition) is 3. The van der Waals surface area contributed by atoms with Gasteiger partial charge in [0.25, 0.3) is 0 Å². The minimum absolute atomic E-state index is 0.126. The van der Waals surface area contributed by atoms with Gasteiger partial charge in [0.1, 0.15) is 0 Å². The van der Waals surface area contributed by atoms with Crippen molar-refractivity contribution in [3.8, 4) is 0 Å². The molecular weight excluding hydrogens is 192 g/mol. The average Bonchev–Trinajstić information content (AvgIpc) is 2.16. The molecule has 0 unspecified atom stereocenters. The zero-order valence-corrected chi connectivity index (χ0v) is 7.51. The molecule has 0 aliphatic heterocycles. The minimum atomic E-state index is -1.03. The van der Waals surface area contributed by atoms with Gasteiger partial charge in [0.2, 0.25) is 0 Å². The third kappa shape index (κ3) is 2.11. The summed E-state index contributed by atoms with van der Waals surface area (Å²) in [7, 11) is 0. The summed E-state index contributed by atoms with van der Waals surface area (Å²) in [5.74, 6) is 4.39. The van der Waals surface area contributed by atoms with Crippen LogP contribution in [0.5, 0.6) is 0 Å². The SMILES string of the molecule is NNc1ccc(CCl)cc1C(=O)O. The van der Waals surface area contributed by atoms with E-state index in [1.165, 1.54) is 6.07 Å². The third-order valence-electron chi connectivity index (χ3n) is 1.62. The second-order valence-electron chi connectivity index (χ2n) is 2.46.